The third kappa shape index (κ3) is 2.69. The summed E-state index contributed by atoms with van der Waals surface area (Å²) in [5.41, 5.74) is 1.24. The molecule has 0 radical (unpaired) electrons. The molecule has 0 aliphatic heterocycles. The minimum Gasteiger partial charge on any atom is -0.314 e. The molecular formula is C13H19N3S. The van der Waals surface area contributed by atoms with Gasteiger partial charge in [-0.2, -0.15) is 0 Å². The molecule has 1 aliphatic rings. The van der Waals surface area contributed by atoms with Gasteiger partial charge in [-0.25, -0.2) is 4.98 Å². The zero-order valence-electron chi connectivity index (χ0n) is 10.2. The molecular weight excluding hydrogens is 230 g/mol. The molecule has 92 valence electrons. The van der Waals surface area contributed by atoms with Crippen LogP contribution in [0.15, 0.2) is 17.8 Å². The lowest BCUT2D eigenvalue weighted by molar-refractivity contribution is 0.455. The highest BCUT2D eigenvalue weighted by atomic mass is 32.1. The maximum atomic E-state index is 4.66. The molecule has 0 saturated heterocycles. The zero-order valence-corrected chi connectivity index (χ0v) is 11.0. The van der Waals surface area contributed by atoms with Gasteiger partial charge in [-0.3, -0.25) is 4.40 Å². The van der Waals surface area contributed by atoms with Crippen molar-refractivity contribution >= 4 is 16.3 Å². The highest BCUT2D eigenvalue weighted by Gasteiger charge is 2.21. The minimum atomic E-state index is 0.722. The standard InChI is InChI=1S/C13H19N3S/c1-2-10(8-14-11-3-4-11)7-12-9-16-5-6-17-13(16)15-12/h5-6,9-11,14H,2-4,7-8H2,1H3. The molecule has 1 atom stereocenters. The Morgan fingerprint density at radius 3 is 3.18 bits per heavy atom. The van der Waals surface area contributed by atoms with Crippen molar-refractivity contribution in [3.8, 4) is 0 Å². The highest BCUT2D eigenvalue weighted by Crippen LogP contribution is 2.20. The van der Waals surface area contributed by atoms with E-state index in [0.717, 1.165) is 29.9 Å². The van der Waals surface area contributed by atoms with Crippen molar-refractivity contribution in [2.75, 3.05) is 6.54 Å². The van der Waals surface area contributed by atoms with Gasteiger partial charge in [0.2, 0.25) is 0 Å². The van der Waals surface area contributed by atoms with Crippen LogP contribution in [-0.4, -0.2) is 22.0 Å². The van der Waals surface area contributed by atoms with Crippen molar-refractivity contribution in [2.24, 2.45) is 5.92 Å². The molecule has 1 fully saturated rings. The number of thiazole rings is 1. The lowest BCUT2D eigenvalue weighted by Crippen LogP contribution is -2.25. The number of imidazole rings is 1. The number of fused-ring (bicyclic) bond motifs is 1. The molecule has 17 heavy (non-hydrogen) atoms. The van der Waals surface area contributed by atoms with Crippen LogP contribution in [0.4, 0.5) is 0 Å². The van der Waals surface area contributed by atoms with Gasteiger partial charge >= 0.3 is 0 Å². The normalized spacial score (nSPS) is 17.7. The van der Waals surface area contributed by atoms with Crippen molar-refractivity contribution in [3.05, 3.63) is 23.5 Å². The molecule has 1 N–H and O–H groups in total. The summed E-state index contributed by atoms with van der Waals surface area (Å²) >= 11 is 1.71. The van der Waals surface area contributed by atoms with Crippen molar-refractivity contribution in [1.29, 1.82) is 0 Å². The third-order valence-electron chi connectivity index (χ3n) is 3.49. The monoisotopic (exact) mass is 249 g/mol. The van der Waals surface area contributed by atoms with E-state index in [2.05, 4.69) is 39.4 Å². The van der Waals surface area contributed by atoms with E-state index in [1.807, 2.05) is 0 Å². The first-order valence-corrected chi connectivity index (χ1v) is 7.37. The molecule has 3 rings (SSSR count). The third-order valence-corrected chi connectivity index (χ3v) is 4.26. The Balaban J connectivity index is 1.60. The van der Waals surface area contributed by atoms with E-state index < -0.39 is 0 Å². The molecule has 0 bridgehead atoms. The number of hydrogen-bond donors (Lipinski definition) is 1. The first-order chi connectivity index (χ1) is 8.35. The van der Waals surface area contributed by atoms with E-state index in [1.54, 1.807) is 11.3 Å². The van der Waals surface area contributed by atoms with Gasteiger partial charge < -0.3 is 5.32 Å². The predicted molar refractivity (Wildman–Crippen MR) is 71.6 cm³/mol. The van der Waals surface area contributed by atoms with Crippen LogP contribution in [0.5, 0.6) is 0 Å². The summed E-state index contributed by atoms with van der Waals surface area (Å²) in [6.07, 6.45) is 9.33. The summed E-state index contributed by atoms with van der Waals surface area (Å²) in [5.74, 6) is 0.722. The molecule has 1 unspecified atom stereocenters. The summed E-state index contributed by atoms with van der Waals surface area (Å²) in [4.78, 5) is 5.77. The van der Waals surface area contributed by atoms with Gasteiger partial charge in [0.15, 0.2) is 4.96 Å². The topological polar surface area (TPSA) is 29.3 Å². The molecule has 2 aromatic rings. The van der Waals surface area contributed by atoms with E-state index in [4.69, 9.17) is 0 Å². The molecule has 0 amide bonds. The Hall–Kier alpha value is -0.870. The van der Waals surface area contributed by atoms with Crippen LogP contribution in [0.2, 0.25) is 0 Å². The van der Waals surface area contributed by atoms with Gasteiger partial charge in [-0.15, -0.1) is 11.3 Å². The molecule has 1 saturated carbocycles. The number of aromatic nitrogens is 2. The van der Waals surface area contributed by atoms with E-state index >= 15 is 0 Å². The van der Waals surface area contributed by atoms with Gasteiger partial charge in [0.1, 0.15) is 0 Å². The fraction of sp³-hybridized carbons (Fsp3) is 0.615. The molecule has 4 heteroatoms. The van der Waals surface area contributed by atoms with Crippen LogP contribution in [0.1, 0.15) is 31.9 Å². The Labute approximate surface area is 106 Å². The van der Waals surface area contributed by atoms with E-state index in [9.17, 15) is 0 Å². The highest BCUT2D eigenvalue weighted by molar-refractivity contribution is 7.15. The van der Waals surface area contributed by atoms with Crippen molar-refractivity contribution in [2.45, 2.75) is 38.6 Å². The number of nitrogens with zero attached hydrogens (tertiary/aromatic N) is 2. The van der Waals surface area contributed by atoms with Crippen molar-refractivity contribution in [3.63, 3.8) is 0 Å². The summed E-state index contributed by atoms with van der Waals surface area (Å²) in [7, 11) is 0. The Morgan fingerprint density at radius 2 is 2.47 bits per heavy atom. The van der Waals surface area contributed by atoms with Crippen LogP contribution in [0, 0.1) is 5.92 Å². The number of rotatable bonds is 6. The minimum absolute atomic E-state index is 0.722. The van der Waals surface area contributed by atoms with Crippen LogP contribution in [0.25, 0.3) is 4.96 Å². The second-order valence-electron chi connectivity index (χ2n) is 4.99. The first-order valence-electron chi connectivity index (χ1n) is 6.49. The summed E-state index contributed by atoms with van der Waals surface area (Å²) < 4.78 is 2.13. The average molecular weight is 249 g/mol. The van der Waals surface area contributed by atoms with Gasteiger partial charge in [0.05, 0.1) is 5.69 Å². The van der Waals surface area contributed by atoms with Gasteiger partial charge in [0.25, 0.3) is 0 Å². The number of nitrogens with one attached hydrogen (secondary N) is 1. The smallest absolute Gasteiger partial charge is 0.193 e. The molecule has 2 aromatic heterocycles. The Bertz CT molecular complexity index is 455. The number of hydrogen-bond acceptors (Lipinski definition) is 3. The van der Waals surface area contributed by atoms with Crippen molar-refractivity contribution < 1.29 is 0 Å². The zero-order chi connectivity index (χ0) is 11.7. The summed E-state index contributed by atoms with van der Waals surface area (Å²) in [5, 5.41) is 5.70. The SMILES string of the molecule is CCC(CNC1CC1)Cc1cn2ccsc2n1. The molecule has 3 nitrogen and oxygen atoms in total. The molecule has 0 spiro atoms. The lowest BCUT2D eigenvalue weighted by atomic mass is 10.0. The molecule has 1 aliphatic carbocycles. The Morgan fingerprint density at radius 1 is 1.59 bits per heavy atom. The summed E-state index contributed by atoms with van der Waals surface area (Å²) in [6.45, 7) is 3.42. The fourth-order valence-electron chi connectivity index (χ4n) is 2.15. The van der Waals surface area contributed by atoms with Crippen molar-refractivity contribution in [1.82, 2.24) is 14.7 Å². The van der Waals surface area contributed by atoms with Crippen LogP contribution in [0.3, 0.4) is 0 Å². The molecule has 2 heterocycles. The largest absolute Gasteiger partial charge is 0.314 e. The lowest BCUT2D eigenvalue weighted by Gasteiger charge is -2.13. The van der Waals surface area contributed by atoms with Gasteiger partial charge in [-0.1, -0.05) is 13.3 Å². The second kappa shape index (κ2) is 4.78. The van der Waals surface area contributed by atoms with Crippen LogP contribution in [-0.2, 0) is 6.42 Å². The quantitative estimate of drug-likeness (QED) is 0.853. The van der Waals surface area contributed by atoms with Crippen LogP contribution >= 0.6 is 11.3 Å². The van der Waals surface area contributed by atoms with E-state index in [-0.39, 0.29) is 0 Å². The van der Waals surface area contributed by atoms with Crippen LogP contribution < -0.4 is 5.32 Å². The summed E-state index contributed by atoms with van der Waals surface area (Å²) in [6, 6.07) is 0.814. The maximum Gasteiger partial charge on any atom is 0.193 e. The van der Waals surface area contributed by atoms with Gasteiger partial charge in [-0.05, 0) is 31.7 Å². The molecule has 0 aromatic carbocycles. The maximum absolute atomic E-state index is 4.66. The second-order valence-corrected chi connectivity index (χ2v) is 5.86. The first kappa shape index (κ1) is 11.2. The average Bonchev–Trinajstić information content (AvgIpc) is 2.92. The Kier molecular flexibility index (Phi) is 3.16. The van der Waals surface area contributed by atoms with Gasteiger partial charge in [0, 0.05) is 23.8 Å². The fourth-order valence-corrected chi connectivity index (χ4v) is 2.87. The van der Waals surface area contributed by atoms with E-state index in [0.29, 0.717) is 0 Å². The predicted octanol–water partition coefficient (Wildman–Crippen LogP) is 2.72. The van der Waals surface area contributed by atoms with E-state index in [1.165, 1.54) is 25.0 Å².